The molecule has 0 bridgehead atoms. The largest absolute Gasteiger partial charge is 0.384 e. The molecule has 0 spiro atoms. The maximum Gasteiger partial charge on any atom is 0.126 e. The average molecular weight is 271 g/mol. The van der Waals surface area contributed by atoms with Crippen molar-refractivity contribution in [1.82, 2.24) is 9.55 Å². The van der Waals surface area contributed by atoms with E-state index in [4.69, 9.17) is 10.7 Å². The molecule has 108 valence electrons. The Morgan fingerprint density at radius 1 is 1.15 bits per heavy atom. The molecule has 1 atom stereocenters. The molecular weight excluding hydrogens is 246 g/mol. The van der Waals surface area contributed by atoms with E-state index < -0.39 is 0 Å². The van der Waals surface area contributed by atoms with Crippen molar-refractivity contribution in [3.63, 3.8) is 0 Å². The number of nitrogen functional groups attached to an aromatic ring is 1. The van der Waals surface area contributed by atoms with Gasteiger partial charge in [0.2, 0.25) is 0 Å². The molecule has 0 aliphatic rings. The Morgan fingerprint density at radius 2 is 1.80 bits per heavy atom. The summed E-state index contributed by atoms with van der Waals surface area (Å²) in [4.78, 5) is 4.78. The molecule has 0 aliphatic carbocycles. The lowest BCUT2D eigenvalue weighted by atomic mass is 9.96. The Bertz CT molecular complexity index is 555. The fourth-order valence-corrected chi connectivity index (χ4v) is 2.65. The number of nitrogens with zero attached hydrogens (tertiary/aromatic N) is 2. The SMILES string of the molecule is CCn1c(C(C)C)nc(CC(C)c2ccccc2)c1N. The second-order valence-corrected chi connectivity index (χ2v) is 5.72. The normalized spacial score (nSPS) is 12.8. The molecule has 0 saturated carbocycles. The van der Waals surface area contributed by atoms with Gasteiger partial charge in [-0.05, 0) is 24.8 Å². The number of benzene rings is 1. The highest BCUT2D eigenvalue weighted by molar-refractivity contribution is 5.40. The van der Waals surface area contributed by atoms with Gasteiger partial charge in [0.25, 0.3) is 0 Å². The van der Waals surface area contributed by atoms with Crippen molar-refractivity contribution in [2.75, 3.05) is 5.73 Å². The maximum atomic E-state index is 6.28. The molecule has 3 heteroatoms. The maximum absolute atomic E-state index is 6.28. The van der Waals surface area contributed by atoms with Crippen molar-refractivity contribution >= 4 is 5.82 Å². The van der Waals surface area contributed by atoms with Crippen molar-refractivity contribution in [3.05, 3.63) is 47.4 Å². The summed E-state index contributed by atoms with van der Waals surface area (Å²) in [7, 11) is 0. The summed E-state index contributed by atoms with van der Waals surface area (Å²) in [5.74, 6) is 2.76. The van der Waals surface area contributed by atoms with Crippen LogP contribution in [0.3, 0.4) is 0 Å². The smallest absolute Gasteiger partial charge is 0.126 e. The molecule has 0 amide bonds. The monoisotopic (exact) mass is 271 g/mol. The van der Waals surface area contributed by atoms with Gasteiger partial charge in [-0.15, -0.1) is 0 Å². The average Bonchev–Trinajstić information content (AvgIpc) is 2.76. The first-order chi connectivity index (χ1) is 9.54. The molecule has 1 heterocycles. The molecule has 2 N–H and O–H groups in total. The van der Waals surface area contributed by atoms with E-state index in [1.807, 2.05) is 6.07 Å². The number of hydrogen-bond donors (Lipinski definition) is 1. The molecule has 0 saturated heterocycles. The zero-order valence-corrected chi connectivity index (χ0v) is 12.9. The van der Waals surface area contributed by atoms with Gasteiger partial charge in [-0.2, -0.15) is 0 Å². The third-order valence-corrected chi connectivity index (χ3v) is 3.81. The minimum Gasteiger partial charge on any atom is -0.384 e. The Kier molecular flexibility index (Phi) is 4.48. The van der Waals surface area contributed by atoms with Crippen molar-refractivity contribution < 1.29 is 0 Å². The van der Waals surface area contributed by atoms with E-state index in [9.17, 15) is 0 Å². The number of aromatic nitrogens is 2. The van der Waals surface area contributed by atoms with Gasteiger partial charge >= 0.3 is 0 Å². The lowest BCUT2D eigenvalue weighted by molar-refractivity contribution is 0.657. The Morgan fingerprint density at radius 3 is 2.30 bits per heavy atom. The lowest BCUT2D eigenvalue weighted by Gasteiger charge is -2.11. The van der Waals surface area contributed by atoms with E-state index in [-0.39, 0.29) is 0 Å². The molecule has 1 aromatic carbocycles. The highest BCUT2D eigenvalue weighted by Gasteiger charge is 2.18. The summed E-state index contributed by atoms with van der Waals surface area (Å²) in [6, 6.07) is 10.5. The van der Waals surface area contributed by atoms with E-state index in [0.29, 0.717) is 11.8 Å². The van der Waals surface area contributed by atoms with Gasteiger partial charge in [-0.3, -0.25) is 0 Å². The lowest BCUT2D eigenvalue weighted by Crippen LogP contribution is -2.07. The third kappa shape index (κ3) is 2.87. The summed E-state index contributed by atoms with van der Waals surface area (Å²) >= 11 is 0. The van der Waals surface area contributed by atoms with E-state index in [2.05, 4.69) is 56.5 Å². The van der Waals surface area contributed by atoms with E-state index in [1.54, 1.807) is 0 Å². The molecule has 2 aromatic rings. The van der Waals surface area contributed by atoms with Crippen LogP contribution in [0.15, 0.2) is 30.3 Å². The fourth-order valence-electron chi connectivity index (χ4n) is 2.65. The van der Waals surface area contributed by atoms with Gasteiger partial charge in [0.1, 0.15) is 11.6 Å². The van der Waals surface area contributed by atoms with Crippen LogP contribution in [0.2, 0.25) is 0 Å². The molecular formula is C17H25N3. The van der Waals surface area contributed by atoms with E-state index >= 15 is 0 Å². The first-order valence-corrected chi connectivity index (χ1v) is 7.44. The van der Waals surface area contributed by atoms with Crippen LogP contribution in [0, 0.1) is 0 Å². The van der Waals surface area contributed by atoms with Crippen LogP contribution in [0.4, 0.5) is 5.82 Å². The predicted molar refractivity (Wildman–Crippen MR) is 85.0 cm³/mol. The Balaban J connectivity index is 2.26. The molecule has 20 heavy (non-hydrogen) atoms. The van der Waals surface area contributed by atoms with Gasteiger partial charge in [0.05, 0.1) is 5.69 Å². The number of anilines is 1. The zero-order valence-electron chi connectivity index (χ0n) is 12.9. The summed E-state index contributed by atoms with van der Waals surface area (Å²) in [5.41, 5.74) is 8.65. The van der Waals surface area contributed by atoms with Crippen molar-refractivity contribution in [3.8, 4) is 0 Å². The summed E-state index contributed by atoms with van der Waals surface area (Å²) in [6.45, 7) is 9.56. The molecule has 0 radical (unpaired) electrons. The topological polar surface area (TPSA) is 43.8 Å². The third-order valence-electron chi connectivity index (χ3n) is 3.81. The molecule has 3 nitrogen and oxygen atoms in total. The quantitative estimate of drug-likeness (QED) is 0.894. The molecule has 0 aliphatic heterocycles. The van der Waals surface area contributed by atoms with Crippen LogP contribution in [-0.4, -0.2) is 9.55 Å². The van der Waals surface area contributed by atoms with E-state index in [0.717, 1.165) is 30.3 Å². The molecule has 0 fully saturated rings. The Hall–Kier alpha value is -1.77. The number of nitrogens with two attached hydrogens (primary N) is 1. The van der Waals surface area contributed by atoms with E-state index in [1.165, 1.54) is 5.56 Å². The van der Waals surface area contributed by atoms with Gasteiger partial charge in [-0.1, -0.05) is 51.1 Å². The van der Waals surface area contributed by atoms with Gasteiger partial charge in [0.15, 0.2) is 0 Å². The predicted octanol–water partition coefficient (Wildman–Crippen LogP) is 3.95. The standard InChI is InChI=1S/C17H25N3/c1-5-20-16(18)15(19-17(20)12(2)3)11-13(4)14-9-7-6-8-10-14/h6-10,12-13H,5,11,18H2,1-4H3. The summed E-state index contributed by atoms with van der Waals surface area (Å²) in [6.07, 6.45) is 0.891. The Labute approximate surface area is 121 Å². The van der Waals surface area contributed by atoms with Crippen molar-refractivity contribution in [2.24, 2.45) is 0 Å². The number of rotatable bonds is 5. The van der Waals surface area contributed by atoms with Gasteiger partial charge in [0, 0.05) is 12.5 Å². The van der Waals surface area contributed by atoms with Crippen LogP contribution in [0.25, 0.3) is 0 Å². The number of hydrogen-bond acceptors (Lipinski definition) is 2. The molecule has 2 rings (SSSR count). The summed E-state index contributed by atoms with van der Waals surface area (Å²) in [5, 5.41) is 0. The molecule has 1 unspecified atom stereocenters. The fraction of sp³-hybridized carbons (Fsp3) is 0.471. The van der Waals surface area contributed by atoms with Crippen LogP contribution in [0.5, 0.6) is 0 Å². The first-order valence-electron chi connectivity index (χ1n) is 7.44. The van der Waals surface area contributed by atoms with Crippen LogP contribution in [0.1, 0.15) is 56.6 Å². The van der Waals surface area contributed by atoms with Crippen LogP contribution < -0.4 is 5.73 Å². The highest BCUT2D eigenvalue weighted by Crippen LogP contribution is 2.26. The minimum absolute atomic E-state index is 0.401. The van der Waals surface area contributed by atoms with Crippen molar-refractivity contribution in [1.29, 1.82) is 0 Å². The zero-order chi connectivity index (χ0) is 14.7. The van der Waals surface area contributed by atoms with Crippen molar-refractivity contribution in [2.45, 2.75) is 52.5 Å². The molecule has 1 aromatic heterocycles. The number of imidazole rings is 1. The highest BCUT2D eigenvalue weighted by atomic mass is 15.1. The van der Waals surface area contributed by atoms with Gasteiger partial charge < -0.3 is 10.3 Å². The first kappa shape index (κ1) is 14.6. The minimum atomic E-state index is 0.401. The van der Waals surface area contributed by atoms with Crippen LogP contribution >= 0.6 is 0 Å². The van der Waals surface area contributed by atoms with Crippen LogP contribution in [-0.2, 0) is 13.0 Å². The summed E-state index contributed by atoms with van der Waals surface area (Å²) < 4.78 is 2.14. The van der Waals surface area contributed by atoms with Gasteiger partial charge in [-0.25, -0.2) is 4.98 Å². The second-order valence-electron chi connectivity index (χ2n) is 5.72. The second kappa shape index (κ2) is 6.12.